The quantitative estimate of drug-likeness (QED) is 0.0652. The second-order valence-corrected chi connectivity index (χ2v) is 25.2. The maximum absolute atomic E-state index is 12.3. The molecule has 468 valence electrons. The van der Waals surface area contributed by atoms with Gasteiger partial charge in [-0.2, -0.15) is 0 Å². The van der Waals surface area contributed by atoms with Crippen LogP contribution in [0.1, 0.15) is 127 Å². The van der Waals surface area contributed by atoms with Gasteiger partial charge in [-0.05, 0) is 173 Å². The minimum Gasteiger partial charge on any atom is -0.508 e. The number of benzene rings is 6. The predicted molar refractivity (Wildman–Crippen MR) is 352 cm³/mol. The molecule has 4 heterocycles. The summed E-state index contributed by atoms with van der Waals surface area (Å²) in [5.41, 5.74) is 9.34. The maximum atomic E-state index is 12.3. The molecule has 15 heteroatoms. The molecule has 2 saturated heterocycles. The molecule has 6 aromatic carbocycles. The van der Waals surface area contributed by atoms with E-state index >= 15 is 0 Å². The van der Waals surface area contributed by atoms with Crippen LogP contribution in [0.25, 0.3) is 0 Å². The molecule has 0 saturated carbocycles. The van der Waals surface area contributed by atoms with Crippen molar-refractivity contribution in [3.63, 3.8) is 0 Å². The lowest BCUT2D eigenvalue weighted by Gasteiger charge is -2.39. The van der Waals surface area contributed by atoms with E-state index in [1.165, 1.54) is 44.8 Å². The van der Waals surface area contributed by atoms with Gasteiger partial charge in [-0.1, -0.05) is 99.5 Å². The number of carbonyl (C=O) groups is 2. The van der Waals surface area contributed by atoms with E-state index < -0.39 is 11.2 Å². The van der Waals surface area contributed by atoms with Crippen molar-refractivity contribution in [3.05, 3.63) is 179 Å². The van der Waals surface area contributed by atoms with Crippen LogP contribution in [0, 0.1) is 0 Å². The summed E-state index contributed by atoms with van der Waals surface area (Å²) < 4.78 is 29.0. The summed E-state index contributed by atoms with van der Waals surface area (Å²) in [6, 6.07) is 50.8. The number of halogens is 1. The number of anilines is 2. The summed E-state index contributed by atoms with van der Waals surface area (Å²) in [6.45, 7) is 27.7. The minimum absolute atomic E-state index is 0.117. The van der Waals surface area contributed by atoms with E-state index in [0.717, 1.165) is 134 Å². The Hall–Kier alpha value is -7.13. The lowest BCUT2D eigenvalue weighted by Crippen LogP contribution is -2.50. The highest BCUT2D eigenvalue weighted by Gasteiger charge is 2.32. The number of amides is 2. The number of rotatable bonds is 18. The first-order valence-corrected chi connectivity index (χ1v) is 32.2. The Morgan fingerprint density at radius 3 is 1.28 bits per heavy atom. The number of phenols is 1. The molecule has 0 radical (unpaired) electrons. The molecule has 0 spiro atoms. The van der Waals surface area contributed by atoms with Gasteiger partial charge in [0.1, 0.15) is 40.8 Å². The van der Waals surface area contributed by atoms with Crippen molar-refractivity contribution in [2.75, 3.05) is 114 Å². The van der Waals surface area contributed by atoms with Gasteiger partial charge >= 0.3 is 12.2 Å². The van der Waals surface area contributed by atoms with Gasteiger partial charge in [0, 0.05) is 95.8 Å². The number of phenolic OH excluding ortho intramolecular Hbond substituents is 1. The largest absolute Gasteiger partial charge is 0.508 e. The van der Waals surface area contributed by atoms with Gasteiger partial charge in [0.25, 0.3) is 0 Å². The summed E-state index contributed by atoms with van der Waals surface area (Å²) in [5.74, 6) is 3.75. The van der Waals surface area contributed by atoms with E-state index in [2.05, 4.69) is 155 Å². The van der Waals surface area contributed by atoms with Gasteiger partial charge in [0.15, 0.2) is 0 Å². The van der Waals surface area contributed by atoms with E-state index in [-0.39, 0.29) is 24.3 Å². The number of hydrogen-bond acceptors (Lipinski definition) is 12. The Morgan fingerprint density at radius 2 is 0.874 bits per heavy atom. The zero-order valence-corrected chi connectivity index (χ0v) is 53.7. The first-order valence-electron chi connectivity index (χ1n) is 31.6. The Morgan fingerprint density at radius 1 is 0.483 bits per heavy atom. The Labute approximate surface area is 523 Å². The molecular formula is C72H95ClN6O8. The number of ether oxygens (including phenoxy) is 5. The van der Waals surface area contributed by atoms with Crippen LogP contribution in [-0.4, -0.2) is 152 Å². The number of alkyl halides is 1. The Balaban J connectivity index is 0.000000190. The number of fused-ring (bicyclic) bond motifs is 2. The van der Waals surface area contributed by atoms with Gasteiger partial charge < -0.3 is 48.4 Å². The summed E-state index contributed by atoms with van der Waals surface area (Å²) in [5, 5.41) is 9.74. The summed E-state index contributed by atoms with van der Waals surface area (Å²) >= 11 is 5.67. The average Bonchev–Trinajstić information content (AvgIpc) is 0.960. The number of aromatic hydroxyl groups is 1. The molecule has 4 aliphatic rings. The van der Waals surface area contributed by atoms with Gasteiger partial charge in [0.05, 0.1) is 25.3 Å². The van der Waals surface area contributed by atoms with Crippen molar-refractivity contribution < 1.29 is 38.4 Å². The summed E-state index contributed by atoms with van der Waals surface area (Å²) in [7, 11) is 0. The summed E-state index contributed by atoms with van der Waals surface area (Å²) in [6.07, 6.45) is 5.96. The van der Waals surface area contributed by atoms with Crippen molar-refractivity contribution in [2.45, 2.75) is 117 Å². The lowest BCUT2D eigenvalue weighted by atomic mass is 9.87. The molecule has 6 aromatic rings. The average molecular weight is 1210 g/mol. The minimum atomic E-state index is -0.468. The smallest absolute Gasteiger partial charge is 0.410 e. The highest BCUT2D eigenvalue weighted by atomic mass is 35.5. The molecule has 10 rings (SSSR count). The fourth-order valence-electron chi connectivity index (χ4n) is 11.3. The van der Waals surface area contributed by atoms with Crippen LogP contribution in [0.5, 0.6) is 23.0 Å². The molecule has 2 fully saturated rings. The van der Waals surface area contributed by atoms with Crippen molar-refractivity contribution in [1.29, 1.82) is 0 Å². The van der Waals surface area contributed by atoms with Crippen molar-refractivity contribution in [3.8, 4) is 23.0 Å². The SMILES string of the molecule is CC(C)(C)OC(=O)N1CCN(CCCl)CC1.CCCCOc1ccc2c(c1)CCN(c1ccccc1)C2c1ccc(O)cc1.CCCCOc1ccc2c(c1)CCN(c1ccccc1)C2c1ccc(OCCN2CCN(C(=O)OC(C)(C)C)CC2)cc1. The third-order valence-corrected chi connectivity index (χ3v) is 16.1. The molecule has 14 nitrogen and oxygen atoms in total. The molecule has 4 aliphatic heterocycles. The van der Waals surface area contributed by atoms with Gasteiger partial charge in [-0.25, -0.2) is 9.59 Å². The van der Waals surface area contributed by atoms with Crippen molar-refractivity contribution >= 4 is 35.2 Å². The third-order valence-electron chi connectivity index (χ3n) is 15.9. The normalized spacial score (nSPS) is 17.1. The van der Waals surface area contributed by atoms with E-state index in [9.17, 15) is 14.7 Å². The van der Waals surface area contributed by atoms with Crippen LogP contribution >= 0.6 is 11.6 Å². The maximum Gasteiger partial charge on any atom is 0.410 e. The monoisotopic (exact) mass is 1210 g/mol. The second-order valence-electron chi connectivity index (χ2n) is 24.8. The van der Waals surface area contributed by atoms with Crippen LogP contribution in [-0.2, 0) is 22.3 Å². The highest BCUT2D eigenvalue weighted by Crippen LogP contribution is 2.42. The van der Waals surface area contributed by atoms with Crippen LogP contribution in [0.4, 0.5) is 21.0 Å². The molecule has 0 bridgehead atoms. The Bertz CT molecular complexity index is 3030. The number of unbranched alkanes of at least 4 members (excludes halogenated alkanes) is 2. The van der Waals surface area contributed by atoms with E-state index in [1.807, 2.05) is 53.7 Å². The molecule has 2 unspecified atom stereocenters. The van der Waals surface area contributed by atoms with Crippen LogP contribution in [0.3, 0.4) is 0 Å². The number of piperazine rings is 2. The van der Waals surface area contributed by atoms with Gasteiger partial charge in [-0.15, -0.1) is 11.6 Å². The number of para-hydroxylation sites is 2. The first kappa shape index (κ1) is 65.8. The van der Waals surface area contributed by atoms with Crippen molar-refractivity contribution in [2.24, 2.45) is 0 Å². The zero-order valence-electron chi connectivity index (χ0n) is 52.9. The molecule has 1 N–H and O–H groups in total. The topological polar surface area (TPSA) is 120 Å². The third kappa shape index (κ3) is 19.7. The van der Waals surface area contributed by atoms with E-state index in [4.69, 9.17) is 35.3 Å². The van der Waals surface area contributed by atoms with Crippen LogP contribution < -0.4 is 24.0 Å². The highest BCUT2D eigenvalue weighted by molar-refractivity contribution is 6.18. The predicted octanol–water partition coefficient (Wildman–Crippen LogP) is 14.5. The fourth-order valence-corrected chi connectivity index (χ4v) is 11.6. The number of hydrogen-bond donors (Lipinski definition) is 1. The van der Waals surface area contributed by atoms with Crippen LogP contribution in [0.2, 0.25) is 0 Å². The van der Waals surface area contributed by atoms with E-state index in [0.29, 0.717) is 31.3 Å². The fraction of sp³-hybridized carbons (Fsp3) is 0.472. The van der Waals surface area contributed by atoms with Gasteiger partial charge in [0.2, 0.25) is 0 Å². The number of nitrogens with zero attached hydrogens (tertiary/aromatic N) is 6. The van der Waals surface area contributed by atoms with Gasteiger partial charge in [-0.3, -0.25) is 9.80 Å². The van der Waals surface area contributed by atoms with Crippen LogP contribution in [0.15, 0.2) is 146 Å². The second kappa shape index (κ2) is 32.2. The molecule has 0 aromatic heterocycles. The number of carbonyl (C=O) groups excluding carboxylic acids is 2. The molecule has 0 aliphatic carbocycles. The molecular weight excluding hydrogens is 1110 g/mol. The van der Waals surface area contributed by atoms with E-state index in [1.54, 1.807) is 21.9 Å². The first-order chi connectivity index (χ1) is 42.0. The molecule has 87 heavy (non-hydrogen) atoms. The standard InChI is InChI=1S/C36H47N3O4.C25H27NO2.C11H21ClN2O2/c1-5-6-25-41-32-16-17-33-29(27-32)18-19-39(30-10-8-7-9-11-30)34(33)28-12-14-31(15-13-28)42-26-24-37-20-22-38(23-21-37)35(40)43-36(2,3)4;1-2-3-17-28-23-13-14-24-20(18-23)15-16-26(21-7-5-4-6-8-21)25(24)19-9-11-22(27)12-10-19;1-11(2,3)16-10(15)14-8-6-13(5-4-12)7-9-14/h7-17,27,34H,5-6,18-26H2,1-4H3;4-14,18,25,27H,2-3,15-17H2,1H3;4-9H2,1-3H3. The zero-order chi connectivity index (χ0) is 61.8. The summed E-state index contributed by atoms with van der Waals surface area (Å²) in [4.78, 5) is 37.2. The lowest BCUT2D eigenvalue weighted by molar-refractivity contribution is 0.0132. The molecule has 2 amide bonds. The molecule has 2 atom stereocenters. The Kier molecular flexibility index (Phi) is 24.4. The van der Waals surface area contributed by atoms with Crippen molar-refractivity contribution in [1.82, 2.24) is 19.6 Å².